The first-order chi connectivity index (χ1) is 11.8. The molecule has 1 aromatic carbocycles. The number of nitrogens with one attached hydrogen (secondary N) is 2. The summed E-state index contributed by atoms with van der Waals surface area (Å²) in [5, 5.41) is 6.49. The summed E-state index contributed by atoms with van der Waals surface area (Å²) in [6.45, 7) is 9.86. The van der Waals surface area contributed by atoms with Crippen LogP contribution >= 0.6 is 0 Å². The van der Waals surface area contributed by atoms with Crippen molar-refractivity contribution in [3.63, 3.8) is 0 Å². The van der Waals surface area contributed by atoms with Crippen LogP contribution in [0, 0.1) is 5.92 Å². The van der Waals surface area contributed by atoms with Crippen LogP contribution in [0.25, 0.3) is 0 Å². The number of fused-ring (bicyclic) bond motifs is 1. The highest BCUT2D eigenvalue weighted by atomic mass is 32.2. The number of aliphatic imine (C=N–C) groups is 1. The highest BCUT2D eigenvalue weighted by Crippen LogP contribution is 2.29. The first-order valence-corrected chi connectivity index (χ1v) is 10.6. The van der Waals surface area contributed by atoms with Crippen LogP contribution < -0.4 is 14.9 Å². The average Bonchev–Trinajstić information content (AvgIpc) is 2.99. The number of rotatable bonds is 7. The van der Waals surface area contributed by atoms with E-state index in [2.05, 4.69) is 36.4 Å². The molecule has 2 N–H and O–H groups in total. The second kappa shape index (κ2) is 8.56. The lowest BCUT2D eigenvalue weighted by Crippen LogP contribution is -2.44. The Morgan fingerprint density at radius 3 is 2.68 bits per heavy atom. The van der Waals surface area contributed by atoms with Crippen LogP contribution in [0.3, 0.4) is 0 Å². The van der Waals surface area contributed by atoms with Crippen molar-refractivity contribution in [3.8, 4) is 0 Å². The van der Waals surface area contributed by atoms with Crippen molar-refractivity contribution in [2.24, 2.45) is 10.9 Å². The van der Waals surface area contributed by atoms with Crippen LogP contribution in [0.2, 0.25) is 0 Å². The van der Waals surface area contributed by atoms with Gasteiger partial charge >= 0.3 is 0 Å². The molecule has 0 bridgehead atoms. The average molecular weight is 367 g/mol. The van der Waals surface area contributed by atoms with Crippen LogP contribution in [0.15, 0.2) is 29.3 Å². The smallest absolute Gasteiger partial charge is 0.237 e. The zero-order chi connectivity index (χ0) is 18.4. The van der Waals surface area contributed by atoms with Crippen molar-refractivity contribution in [1.82, 2.24) is 10.6 Å². The molecule has 1 aromatic rings. The Balaban J connectivity index is 2.01. The number of anilines is 1. The number of para-hydroxylation sites is 1. The van der Waals surface area contributed by atoms with Gasteiger partial charge in [0.25, 0.3) is 0 Å². The number of hydrogen-bond donors (Lipinski definition) is 2. The Labute approximate surface area is 151 Å². The number of sulfonamides is 1. The molecule has 0 spiro atoms. The summed E-state index contributed by atoms with van der Waals surface area (Å²) >= 11 is 0. The lowest BCUT2D eigenvalue weighted by molar-refractivity contribution is 0.481. The van der Waals surface area contributed by atoms with Crippen LogP contribution in [-0.2, 0) is 16.4 Å². The topological polar surface area (TPSA) is 73.8 Å². The van der Waals surface area contributed by atoms with Crippen molar-refractivity contribution < 1.29 is 8.42 Å². The van der Waals surface area contributed by atoms with E-state index < -0.39 is 10.0 Å². The maximum atomic E-state index is 12.7. The molecule has 0 aliphatic carbocycles. The molecule has 7 heteroatoms. The van der Waals surface area contributed by atoms with Gasteiger partial charge < -0.3 is 10.6 Å². The fourth-order valence-corrected chi connectivity index (χ4v) is 4.07. The third-order valence-electron chi connectivity index (χ3n) is 4.51. The van der Waals surface area contributed by atoms with Gasteiger partial charge in [-0.1, -0.05) is 32.0 Å². The summed E-state index contributed by atoms with van der Waals surface area (Å²) in [6, 6.07) is 7.96. The Bertz CT molecular complexity index is 701. The molecule has 1 atom stereocenters. The van der Waals surface area contributed by atoms with E-state index in [1.165, 1.54) is 4.31 Å². The molecule has 0 radical (unpaired) electrons. The zero-order valence-corrected chi connectivity index (χ0v) is 16.4. The molecule has 1 unspecified atom stereocenters. The molecule has 0 amide bonds. The van der Waals surface area contributed by atoms with Gasteiger partial charge in [-0.2, -0.15) is 0 Å². The van der Waals surface area contributed by atoms with Crippen molar-refractivity contribution in [2.75, 3.05) is 29.7 Å². The zero-order valence-electron chi connectivity index (χ0n) is 15.6. The van der Waals surface area contributed by atoms with Crippen LogP contribution in [0.5, 0.6) is 0 Å². The normalized spacial score (nSPS) is 16.0. The number of benzene rings is 1. The van der Waals surface area contributed by atoms with Gasteiger partial charge in [-0.3, -0.25) is 9.30 Å². The van der Waals surface area contributed by atoms with Gasteiger partial charge in [0.1, 0.15) is 0 Å². The summed E-state index contributed by atoms with van der Waals surface area (Å²) in [5.74, 6) is 1.14. The molecule has 1 heterocycles. The first kappa shape index (κ1) is 19.6. The predicted molar refractivity (Wildman–Crippen MR) is 105 cm³/mol. The molecule has 0 saturated heterocycles. The molecule has 25 heavy (non-hydrogen) atoms. The van der Waals surface area contributed by atoms with E-state index in [1.807, 2.05) is 31.2 Å². The maximum absolute atomic E-state index is 12.7. The van der Waals surface area contributed by atoms with Crippen molar-refractivity contribution in [1.29, 1.82) is 0 Å². The maximum Gasteiger partial charge on any atom is 0.237 e. The third-order valence-corrected chi connectivity index (χ3v) is 6.26. The Morgan fingerprint density at radius 2 is 2.00 bits per heavy atom. The highest BCUT2D eigenvalue weighted by Gasteiger charge is 2.28. The van der Waals surface area contributed by atoms with Gasteiger partial charge in [-0.05, 0) is 37.8 Å². The van der Waals surface area contributed by atoms with Gasteiger partial charge in [0.05, 0.1) is 18.0 Å². The molecule has 0 aromatic heterocycles. The molecule has 2 rings (SSSR count). The summed E-state index contributed by atoms with van der Waals surface area (Å²) in [7, 11) is -3.36. The lowest BCUT2D eigenvalue weighted by Gasteiger charge is -2.21. The molecule has 0 saturated carbocycles. The van der Waals surface area contributed by atoms with E-state index in [0.717, 1.165) is 24.2 Å². The van der Waals surface area contributed by atoms with E-state index in [4.69, 9.17) is 0 Å². The minimum absolute atomic E-state index is 0.00790. The SMILES string of the molecule is CCNC(=NCCS(=O)(=O)N1CCc2ccccc21)NC(C)C(C)C. The van der Waals surface area contributed by atoms with Gasteiger partial charge in [0, 0.05) is 19.1 Å². The highest BCUT2D eigenvalue weighted by molar-refractivity contribution is 7.92. The fourth-order valence-electron chi connectivity index (χ4n) is 2.68. The minimum Gasteiger partial charge on any atom is -0.357 e. The van der Waals surface area contributed by atoms with Gasteiger partial charge in [0.2, 0.25) is 10.0 Å². The Morgan fingerprint density at radius 1 is 1.28 bits per heavy atom. The second-order valence-electron chi connectivity index (χ2n) is 6.70. The standard InChI is InChI=1S/C18H30N4O2S/c1-5-19-18(21-15(4)14(2)3)20-11-13-25(23,24)22-12-10-16-8-6-7-9-17(16)22/h6-9,14-15H,5,10-13H2,1-4H3,(H2,19,20,21). The molecule has 140 valence electrons. The van der Waals surface area contributed by atoms with Crippen molar-refractivity contribution >= 4 is 21.7 Å². The number of nitrogens with zero attached hydrogens (tertiary/aromatic N) is 2. The monoisotopic (exact) mass is 366 g/mol. The largest absolute Gasteiger partial charge is 0.357 e. The van der Waals surface area contributed by atoms with E-state index in [-0.39, 0.29) is 18.3 Å². The summed E-state index contributed by atoms with van der Waals surface area (Å²) < 4.78 is 26.9. The second-order valence-corrected chi connectivity index (χ2v) is 8.72. The molecule has 1 aliphatic rings. The van der Waals surface area contributed by atoms with Crippen LogP contribution in [-0.4, -0.2) is 45.8 Å². The number of guanidine groups is 1. The van der Waals surface area contributed by atoms with E-state index in [0.29, 0.717) is 18.4 Å². The van der Waals surface area contributed by atoms with Gasteiger partial charge in [-0.15, -0.1) is 0 Å². The number of hydrogen-bond acceptors (Lipinski definition) is 3. The molecule has 6 nitrogen and oxygen atoms in total. The van der Waals surface area contributed by atoms with Crippen LogP contribution in [0.1, 0.15) is 33.3 Å². The molecule has 0 fully saturated rings. The summed E-state index contributed by atoms with van der Waals surface area (Å²) in [4.78, 5) is 4.44. The van der Waals surface area contributed by atoms with Gasteiger partial charge in [0.15, 0.2) is 5.96 Å². The Kier molecular flexibility index (Phi) is 6.70. The van der Waals surface area contributed by atoms with Gasteiger partial charge in [-0.25, -0.2) is 8.42 Å². The molecule has 1 aliphatic heterocycles. The summed E-state index contributed by atoms with van der Waals surface area (Å²) in [5.41, 5.74) is 1.90. The van der Waals surface area contributed by atoms with Crippen LogP contribution in [0.4, 0.5) is 5.69 Å². The minimum atomic E-state index is -3.36. The Hall–Kier alpha value is -1.76. The summed E-state index contributed by atoms with van der Waals surface area (Å²) in [6.07, 6.45) is 0.773. The molecular formula is C18H30N4O2S. The quantitative estimate of drug-likeness (QED) is 0.572. The fraction of sp³-hybridized carbons (Fsp3) is 0.611. The van der Waals surface area contributed by atoms with E-state index in [1.54, 1.807) is 0 Å². The van der Waals surface area contributed by atoms with E-state index in [9.17, 15) is 8.42 Å². The lowest BCUT2D eigenvalue weighted by atomic mass is 10.1. The van der Waals surface area contributed by atoms with E-state index >= 15 is 0 Å². The first-order valence-electron chi connectivity index (χ1n) is 8.98. The predicted octanol–water partition coefficient (Wildman–Crippen LogP) is 1.98. The van der Waals surface area contributed by atoms with Crippen molar-refractivity contribution in [3.05, 3.63) is 29.8 Å². The third kappa shape index (κ3) is 5.11. The van der Waals surface area contributed by atoms with Crippen molar-refractivity contribution in [2.45, 2.75) is 40.2 Å². The molecular weight excluding hydrogens is 336 g/mol.